The van der Waals surface area contributed by atoms with Gasteiger partial charge in [0.05, 0.1) is 11.0 Å². The lowest BCUT2D eigenvalue weighted by atomic mass is 10.1. The number of hydrogen-bond donors (Lipinski definition) is 1. The van der Waals surface area contributed by atoms with E-state index < -0.39 is 5.91 Å². The average molecular weight is 252 g/mol. The Labute approximate surface area is 109 Å². The Hall–Kier alpha value is -2.62. The lowest BCUT2D eigenvalue weighted by molar-refractivity contribution is -0.118. The van der Waals surface area contributed by atoms with Crippen molar-refractivity contribution >= 4 is 27.7 Å². The molecule has 0 saturated carbocycles. The van der Waals surface area contributed by atoms with Crippen LogP contribution < -0.4 is 11.2 Å². The number of rotatable bonds is 2. The highest BCUT2D eigenvalue weighted by Gasteiger charge is 2.10. The van der Waals surface area contributed by atoms with E-state index in [1.807, 2.05) is 36.4 Å². The molecule has 2 aromatic carbocycles. The van der Waals surface area contributed by atoms with Crippen LogP contribution in [0.5, 0.6) is 0 Å². The largest absolute Gasteiger partial charge is 0.368 e. The average Bonchev–Trinajstić information content (AvgIpc) is 2.43. The standard InChI is InChI=1S/C15H12N2O2/c16-14(18)9-17-12-7-3-1-5-10(12)15(19)11-6-2-4-8-13(11)17/h1-8H,9H2,(H2,16,18). The molecule has 1 aromatic heterocycles. The molecule has 0 fully saturated rings. The van der Waals surface area contributed by atoms with Gasteiger partial charge in [-0.25, -0.2) is 0 Å². The molecule has 0 saturated heterocycles. The van der Waals surface area contributed by atoms with Crippen molar-refractivity contribution in [2.45, 2.75) is 6.54 Å². The van der Waals surface area contributed by atoms with Gasteiger partial charge in [0.2, 0.25) is 5.91 Å². The number of nitrogens with zero attached hydrogens (tertiary/aromatic N) is 1. The second kappa shape index (κ2) is 4.24. The predicted octanol–water partition coefficient (Wildman–Crippen LogP) is 1.64. The Bertz CT molecular complexity index is 790. The van der Waals surface area contributed by atoms with Gasteiger partial charge in [0.25, 0.3) is 0 Å². The fraction of sp³-hybridized carbons (Fsp3) is 0.0667. The first-order valence-corrected chi connectivity index (χ1v) is 5.97. The Morgan fingerprint density at radius 3 is 1.89 bits per heavy atom. The summed E-state index contributed by atoms with van der Waals surface area (Å²) in [6.07, 6.45) is 0. The number of nitrogens with two attached hydrogens (primary N) is 1. The summed E-state index contributed by atoms with van der Waals surface area (Å²) in [5.74, 6) is -0.432. The van der Waals surface area contributed by atoms with Crippen LogP contribution in [0.25, 0.3) is 21.8 Å². The molecule has 0 spiro atoms. The predicted molar refractivity (Wildman–Crippen MR) is 74.9 cm³/mol. The number of para-hydroxylation sites is 2. The van der Waals surface area contributed by atoms with Gasteiger partial charge in [-0.2, -0.15) is 0 Å². The van der Waals surface area contributed by atoms with E-state index in [0.717, 1.165) is 11.0 Å². The van der Waals surface area contributed by atoms with Crippen LogP contribution >= 0.6 is 0 Å². The zero-order valence-electron chi connectivity index (χ0n) is 10.2. The van der Waals surface area contributed by atoms with Gasteiger partial charge >= 0.3 is 0 Å². The molecule has 1 amide bonds. The molecule has 4 nitrogen and oxygen atoms in total. The van der Waals surface area contributed by atoms with E-state index in [4.69, 9.17) is 5.73 Å². The van der Waals surface area contributed by atoms with Crippen molar-refractivity contribution in [3.63, 3.8) is 0 Å². The summed E-state index contributed by atoms with van der Waals surface area (Å²) >= 11 is 0. The van der Waals surface area contributed by atoms with E-state index in [2.05, 4.69) is 0 Å². The van der Waals surface area contributed by atoms with Crippen molar-refractivity contribution in [2.24, 2.45) is 5.73 Å². The van der Waals surface area contributed by atoms with Crippen LogP contribution in [0.1, 0.15) is 0 Å². The molecule has 0 atom stereocenters. The van der Waals surface area contributed by atoms with Gasteiger partial charge in [-0.1, -0.05) is 24.3 Å². The number of primary amides is 1. The Balaban J connectivity index is 2.56. The Morgan fingerprint density at radius 1 is 0.947 bits per heavy atom. The molecule has 94 valence electrons. The highest BCUT2D eigenvalue weighted by molar-refractivity contribution is 5.94. The van der Waals surface area contributed by atoms with Crippen LogP contribution in [0, 0.1) is 0 Å². The maximum atomic E-state index is 12.4. The molecule has 0 radical (unpaired) electrons. The number of pyridine rings is 1. The van der Waals surface area contributed by atoms with Crippen molar-refractivity contribution in [3.05, 3.63) is 58.8 Å². The third-order valence-electron chi connectivity index (χ3n) is 3.19. The topological polar surface area (TPSA) is 65.1 Å². The second-order valence-corrected chi connectivity index (χ2v) is 4.42. The van der Waals surface area contributed by atoms with Gasteiger partial charge in [0.15, 0.2) is 5.43 Å². The maximum absolute atomic E-state index is 12.4. The minimum atomic E-state index is -0.432. The van der Waals surface area contributed by atoms with E-state index in [1.54, 1.807) is 16.7 Å². The molecular formula is C15H12N2O2. The Morgan fingerprint density at radius 2 is 1.42 bits per heavy atom. The first-order chi connectivity index (χ1) is 9.18. The maximum Gasteiger partial charge on any atom is 0.237 e. The van der Waals surface area contributed by atoms with Gasteiger partial charge in [-0.3, -0.25) is 9.59 Å². The van der Waals surface area contributed by atoms with Crippen molar-refractivity contribution in [2.75, 3.05) is 0 Å². The van der Waals surface area contributed by atoms with Gasteiger partial charge in [-0.15, -0.1) is 0 Å². The first-order valence-electron chi connectivity index (χ1n) is 5.97. The summed E-state index contributed by atoms with van der Waals surface area (Å²) in [6, 6.07) is 14.5. The molecule has 2 N–H and O–H groups in total. The highest BCUT2D eigenvalue weighted by Crippen LogP contribution is 2.18. The number of aromatic nitrogens is 1. The number of hydrogen-bond acceptors (Lipinski definition) is 2. The molecule has 1 heterocycles. The normalized spacial score (nSPS) is 10.9. The van der Waals surface area contributed by atoms with Crippen molar-refractivity contribution in [1.82, 2.24) is 4.57 Å². The van der Waals surface area contributed by atoms with Crippen molar-refractivity contribution < 1.29 is 4.79 Å². The molecule has 0 bridgehead atoms. The molecule has 0 aliphatic heterocycles. The lowest BCUT2D eigenvalue weighted by Gasteiger charge is -2.13. The molecular weight excluding hydrogens is 240 g/mol. The number of carbonyl (C=O) groups excluding carboxylic acids is 1. The van der Waals surface area contributed by atoms with Gasteiger partial charge in [-0.05, 0) is 24.3 Å². The minimum Gasteiger partial charge on any atom is -0.368 e. The van der Waals surface area contributed by atoms with Gasteiger partial charge < -0.3 is 10.3 Å². The lowest BCUT2D eigenvalue weighted by Crippen LogP contribution is -2.21. The smallest absolute Gasteiger partial charge is 0.237 e. The van der Waals surface area contributed by atoms with Crippen LogP contribution in [-0.2, 0) is 11.3 Å². The minimum absolute atomic E-state index is 0.0214. The van der Waals surface area contributed by atoms with Gasteiger partial charge in [0, 0.05) is 10.8 Å². The zero-order valence-corrected chi connectivity index (χ0v) is 10.2. The Kier molecular flexibility index (Phi) is 2.56. The van der Waals surface area contributed by atoms with E-state index in [9.17, 15) is 9.59 Å². The van der Waals surface area contributed by atoms with E-state index in [-0.39, 0.29) is 12.0 Å². The molecule has 0 unspecified atom stereocenters. The summed E-state index contributed by atoms with van der Waals surface area (Å²) in [7, 11) is 0. The number of fused-ring (bicyclic) bond motifs is 2. The molecule has 4 heteroatoms. The fourth-order valence-electron chi connectivity index (χ4n) is 2.40. The van der Waals surface area contributed by atoms with E-state index >= 15 is 0 Å². The molecule has 19 heavy (non-hydrogen) atoms. The van der Waals surface area contributed by atoms with Crippen LogP contribution in [0.4, 0.5) is 0 Å². The van der Waals surface area contributed by atoms with E-state index in [1.165, 1.54) is 0 Å². The first kappa shape index (κ1) is 11.5. The summed E-state index contributed by atoms with van der Waals surface area (Å²) in [4.78, 5) is 23.7. The summed E-state index contributed by atoms with van der Waals surface area (Å²) < 4.78 is 1.79. The third-order valence-corrected chi connectivity index (χ3v) is 3.19. The summed E-state index contributed by atoms with van der Waals surface area (Å²) in [6.45, 7) is 0.0569. The van der Waals surface area contributed by atoms with Crippen LogP contribution in [0.15, 0.2) is 53.3 Å². The van der Waals surface area contributed by atoms with Crippen molar-refractivity contribution in [1.29, 1.82) is 0 Å². The van der Waals surface area contributed by atoms with Crippen LogP contribution in [-0.4, -0.2) is 10.5 Å². The van der Waals surface area contributed by atoms with Crippen molar-refractivity contribution in [3.8, 4) is 0 Å². The summed E-state index contributed by atoms with van der Waals surface area (Å²) in [5, 5.41) is 1.20. The molecule has 3 rings (SSSR count). The van der Waals surface area contributed by atoms with Gasteiger partial charge in [0.1, 0.15) is 6.54 Å². The quantitative estimate of drug-likeness (QED) is 0.705. The number of benzene rings is 2. The molecule has 0 aliphatic carbocycles. The SMILES string of the molecule is NC(=O)Cn1c2ccccc2c(=O)c2ccccc21. The monoisotopic (exact) mass is 252 g/mol. The molecule has 0 aliphatic rings. The van der Waals surface area contributed by atoms with E-state index in [0.29, 0.717) is 10.8 Å². The number of amides is 1. The number of carbonyl (C=O) groups is 1. The molecule has 3 aromatic rings. The zero-order chi connectivity index (χ0) is 13.4. The van der Waals surface area contributed by atoms with Crippen LogP contribution in [0.3, 0.4) is 0 Å². The third kappa shape index (κ3) is 1.78. The van der Waals surface area contributed by atoms with Crippen LogP contribution in [0.2, 0.25) is 0 Å². The summed E-state index contributed by atoms with van der Waals surface area (Å²) in [5.41, 5.74) is 6.74. The fourth-order valence-corrected chi connectivity index (χ4v) is 2.40. The second-order valence-electron chi connectivity index (χ2n) is 4.42. The highest BCUT2D eigenvalue weighted by atomic mass is 16.1.